The molecule has 1 heterocycles. The average Bonchev–Trinajstić information content (AvgIpc) is 2.53. The van der Waals surface area contributed by atoms with Gasteiger partial charge in [0, 0.05) is 37.6 Å². The monoisotopic (exact) mass is 296 g/mol. The first-order chi connectivity index (χ1) is 10.6. The summed E-state index contributed by atoms with van der Waals surface area (Å²) < 4.78 is 5.35. The highest BCUT2D eigenvalue weighted by atomic mass is 16.5. The summed E-state index contributed by atoms with van der Waals surface area (Å²) in [6, 6.07) is 9.69. The van der Waals surface area contributed by atoms with Gasteiger partial charge in [-0.25, -0.2) is 0 Å². The lowest BCUT2D eigenvalue weighted by atomic mass is 10.1. The molecule has 0 spiro atoms. The molecule has 4 nitrogen and oxygen atoms in total. The number of carbonyl (C=O) groups is 1. The minimum Gasteiger partial charge on any atom is -0.496 e. The fourth-order valence-corrected chi connectivity index (χ4v) is 2.13. The first-order valence-electron chi connectivity index (χ1n) is 7.07. The molecule has 0 aliphatic rings. The molecular weight excluding hydrogens is 276 g/mol. The molecule has 4 heteroatoms. The summed E-state index contributed by atoms with van der Waals surface area (Å²) >= 11 is 0. The van der Waals surface area contributed by atoms with Crippen molar-refractivity contribution in [1.29, 1.82) is 0 Å². The van der Waals surface area contributed by atoms with Gasteiger partial charge >= 0.3 is 0 Å². The third kappa shape index (κ3) is 4.19. The van der Waals surface area contributed by atoms with E-state index in [2.05, 4.69) is 4.98 Å². The fourth-order valence-electron chi connectivity index (χ4n) is 2.13. The van der Waals surface area contributed by atoms with Crippen LogP contribution in [-0.4, -0.2) is 29.9 Å². The Kier molecular flexibility index (Phi) is 5.31. The topological polar surface area (TPSA) is 42.4 Å². The van der Waals surface area contributed by atoms with Crippen LogP contribution in [0.15, 0.2) is 48.8 Å². The number of aryl methyl sites for hydroxylation is 1. The molecule has 1 aromatic heterocycles. The van der Waals surface area contributed by atoms with E-state index < -0.39 is 0 Å². The van der Waals surface area contributed by atoms with Gasteiger partial charge in [-0.15, -0.1) is 0 Å². The second-order valence-corrected chi connectivity index (χ2v) is 5.13. The van der Waals surface area contributed by atoms with Gasteiger partial charge in [0.15, 0.2) is 0 Å². The Labute approximate surface area is 131 Å². The van der Waals surface area contributed by atoms with Gasteiger partial charge in [0.25, 0.3) is 0 Å². The number of benzene rings is 1. The molecule has 1 amide bonds. The number of pyridine rings is 1. The summed E-state index contributed by atoms with van der Waals surface area (Å²) in [5, 5.41) is 0. The summed E-state index contributed by atoms with van der Waals surface area (Å²) in [6.07, 6.45) is 6.74. The summed E-state index contributed by atoms with van der Waals surface area (Å²) in [4.78, 5) is 17.9. The van der Waals surface area contributed by atoms with Crippen molar-refractivity contribution in [3.63, 3.8) is 0 Å². The van der Waals surface area contributed by atoms with Gasteiger partial charge in [0.05, 0.1) is 7.11 Å². The highest BCUT2D eigenvalue weighted by Gasteiger charge is 2.10. The SMILES string of the molecule is COc1ccc(C)cc1CN(C)C(=O)/C=C/c1cccnc1. The number of ether oxygens (including phenoxy) is 1. The van der Waals surface area contributed by atoms with E-state index in [0.29, 0.717) is 6.54 Å². The fraction of sp³-hybridized carbons (Fsp3) is 0.222. The number of likely N-dealkylation sites (N-methyl/N-ethyl adjacent to an activating group) is 1. The van der Waals surface area contributed by atoms with E-state index in [1.807, 2.05) is 37.3 Å². The Hall–Kier alpha value is -2.62. The molecule has 0 atom stereocenters. The second kappa shape index (κ2) is 7.41. The molecule has 0 aliphatic carbocycles. The maximum Gasteiger partial charge on any atom is 0.246 e. The van der Waals surface area contributed by atoms with E-state index in [4.69, 9.17) is 4.74 Å². The molecule has 2 aromatic rings. The van der Waals surface area contributed by atoms with E-state index in [1.165, 1.54) is 0 Å². The molecule has 2 rings (SSSR count). The Bertz CT molecular complexity index is 666. The molecule has 0 fully saturated rings. The predicted molar refractivity (Wildman–Crippen MR) is 87.5 cm³/mol. The zero-order valence-electron chi connectivity index (χ0n) is 13.1. The highest BCUT2D eigenvalue weighted by Crippen LogP contribution is 2.21. The van der Waals surface area contributed by atoms with Crippen LogP contribution in [0.4, 0.5) is 0 Å². The van der Waals surface area contributed by atoms with Crippen molar-refractivity contribution in [2.45, 2.75) is 13.5 Å². The second-order valence-electron chi connectivity index (χ2n) is 5.13. The normalized spacial score (nSPS) is 10.7. The summed E-state index contributed by atoms with van der Waals surface area (Å²) in [5.74, 6) is 0.730. The van der Waals surface area contributed by atoms with Crippen molar-refractivity contribution in [3.8, 4) is 5.75 Å². The van der Waals surface area contributed by atoms with Crippen molar-refractivity contribution in [1.82, 2.24) is 9.88 Å². The molecule has 0 saturated carbocycles. The van der Waals surface area contributed by atoms with Gasteiger partial charge < -0.3 is 9.64 Å². The number of carbonyl (C=O) groups excluding carboxylic acids is 1. The molecule has 1 aromatic carbocycles. The molecule has 0 bridgehead atoms. The highest BCUT2D eigenvalue weighted by molar-refractivity contribution is 5.91. The van der Waals surface area contributed by atoms with E-state index in [1.54, 1.807) is 43.6 Å². The third-order valence-electron chi connectivity index (χ3n) is 3.32. The Balaban J connectivity index is 2.05. The zero-order chi connectivity index (χ0) is 15.9. The Morgan fingerprint density at radius 1 is 1.36 bits per heavy atom. The summed E-state index contributed by atoms with van der Waals surface area (Å²) in [6.45, 7) is 2.52. The first-order valence-corrected chi connectivity index (χ1v) is 7.07. The molecule has 0 N–H and O–H groups in total. The number of hydrogen-bond donors (Lipinski definition) is 0. The lowest BCUT2D eigenvalue weighted by Gasteiger charge is -2.17. The van der Waals surface area contributed by atoms with Gasteiger partial charge in [0.2, 0.25) is 5.91 Å². The van der Waals surface area contributed by atoms with Crippen molar-refractivity contribution in [2.24, 2.45) is 0 Å². The number of hydrogen-bond acceptors (Lipinski definition) is 3. The van der Waals surface area contributed by atoms with Crippen LogP contribution < -0.4 is 4.74 Å². The van der Waals surface area contributed by atoms with Gasteiger partial charge in [-0.2, -0.15) is 0 Å². The van der Waals surface area contributed by atoms with Crippen LogP contribution >= 0.6 is 0 Å². The lowest BCUT2D eigenvalue weighted by molar-refractivity contribution is -0.125. The van der Waals surface area contributed by atoms with Crippen LogP contribution in [0.5, 0.6) is 5.75 Å². The average molecular weight is 296 g/mol. The molecule has 0 unspecified atom stereocenters. The number of rotatable bonds is 5. The smallest absolute Gasteiger partial charge is 0.246 e. The number of amides is 1. The molecular formula is C18H20N2O2. The van der Waals surface area contributed by atoms with Crippen molar-refractivity contribution >= 4 is 12.0 Å². The lowest BCUT2D eigenvalue weighted by Crippen LogP contribution is -2.24. The first kappa shape index (κ1) is 15.8. The van der Waals surface area contributed by atoms with Crippen LogP contribution in [0.2, 0.25) is 0 Å². The van der Waals surface area contributed by atoms with Gasteiger partial charge in [-0.05, 0) is 30.7 Å². The van der Waals surface area contributed by atoms with Crippen molar-refractivity contribution in [3.05, 3.63) is 65.5 Å². The number of aromatic nitrogens is 1. The van der Waals surface area contributed by atoms with Crippen molar-refractivity contribution in [2.75, 3.05) is 14.2 Å². The molecule has 114 valence electrons. The number of nitrogens with zero attached hydrogens (tertiary/aromatic N) is 2. The summed E-state index contributed by atoms with van der Waals surface area (Å²) in [7, 11) is 3.41. The maximum atomic E-state index is 12.2. The predicted octanol–water partition coefficient (Wildman–Crippen LogP) is 3.07. The molecule has 0 radical (unpaired) electrons. The number of methoxy groups -OCH3 is 1. The van der Waals surface area contributed by atoms with Gasteiger partial charge in [-0.1, -0.05) is 23.8 Å². The molecule has 0 aliphatic heterocycles. The van der Waals surface area contributed by atoms with E-state index in [-0.39, 0.29) is 5.91 Å². The minimum absolute atomic E-state index is 0.0626. The summed E-state index contributed by atoms with van der Waals surface area (Å²) in [5.41, 5.74) is 3.04. The molecule has 22 heavy (non-hydrogen) atoms. The van der Waals surface area contributed by atoms with Crippen LogP contribution in [0.1, 0.15) is 16.7 Å². The van der Waals surface area contributed by atoms with E-state index >= 15 is 0 Å². The minimum atomic E-state index is -0.0626. The van der Waals surface area contributed by atoms with Crippen LogP contribution in [0, 0.1) is 6.92 Å². The van der Waals surface area contributed by atoms with Gasteiger partial charge in [-0.3, -0.25) is 9.78 Å². The van der Waals surface area contributed by atoms with Gasteiger partial charge in [0.1, 0.15) is 5.75 Å². The quantitative estimate of drug-likeness (QED) is 0.796. The van der Waals surface area contributed by atoms with E-state index in [0.717, 1.165) is 22.4 Å². The van der Waals surface area contributed by atoms with Crippen molar-refractivity contribution < 1.29 is 9.53 Å². The standard InChI is InChI=1S/C18H20N2O2/c1-14-6-8-17(22-3)16(11-14)13-20(2)18(21)9-7-15-5-4-10-19-12-15/h4-12H,13H2,1-3H3/b9-7+. The van der Waals surface area contributed by atoms with Crippen LogP contribution in [0.3, 0.4) is 0 Å². The third-order valence-corrected chi connectivity index (χ3v) is 3.32. The van der Waals surface area contributed by atoms with E-state index in [9.17, 15) is 4.79 Å². The maximum absolute atomic E-state index is 12.2. The zero-order valence-corrected chi connectivity index (χ0v) is 13.1. The Morgan fingerprint density at radius 3 is 2.86 bits per heavy atom. The molecule has 0 saturated heterocycles. The largest absolute Gasteiger partial charge is 0.496 e. The Morgan fingerprint density at radius 2 is 2.18 bits per heavy atom. The van der Waals surface area contributed by atoms with Crippen LogP contribution in [-0.2, 0) is 11.3 Å². The van der Waals surface area contributed by atoms with Crippen LogP contribution in [0.25, 0.3) is 6.08 Å².